The summed E-state index contributed by atoms with van der Waals surface area (Å²) in [6.07, 6.45) is 0.304. The zero-order valence-corrected chi connectivity index (χ0v) is 6.49. The van der Waals surface area contributed by atoms with Gasteiger partial charge in [0.1, 0.15) is 6.23 Å². The Morgan fingerprint density at radius 2 is 2.00 bits per heavy atom. The lowest BCUT2D eigenvalue weighted by Gasteiger charge is -2.36. The summed E-state index contributed by atoms with van der Waals surface area (Å²) >= 11 is 0. The molecule has 10 heavy (non-hydrogen) atoms. The Morgan fingerprint density at radius 1 is 1.40 bits per heavy atom. The number of hydroxylamine groups is 2. The van der Waals surface area contributed by atoms with Gasteiger partial charge in [-0.25, -0.2) is 0 Å². The van der Waals surface area contributed by atoms with Crippen molar-refractivity contribution in [3.05, 3.63) is 0 Å². The summed E-state index contributed by atoms with van der Waals surface area (Å²) in [5.74, 6) is 0.692. The third kappa shape index (κ3) is 1.31. The monoisotopic (exact) mass is 145 g/mol. The molecule has 1 fully saturated rings. The van der Waals surface area contributed by atoms with Crippen molar-refractivity contribution in [2.75, 3.05) is 6.54 Å². The highest BCUT2D eigenvalue weighted by atomic mass is 16.5. The third-order valence-corrected chi connectivity index (χ3v) is 2.49. The number of piperidine rings is 1. The first kappa shape index (κ1) is 7.98. The minimum atomic E-state index is -0.663. The fourth-order valence-corrected chi connectivity index (χ4v) is 1.30. The molecule has 0 aromatic carbocycles. The Morgan fingerprint density at radius 3 is 2.50 bits per heavy atom. The van der Waals surface area contributed by atoms with Gasteiger partial charge < -0.3 is 10.3 Å². The summed E-state index contributed by atoms with van der Waals surface area (Å²) in [6.45, 7) is 4.64. The van der Waals surface area contributed by atoms with Crippen LogP contribution < -0.4 is 0 Å². The van der Waals surface area contributed by atoms with E-state index >= 15 is 0 Å². The van der Waals surface area contributed by atoms with E-state index in [9.17, 15) is 5.11 Å². The smallest absolute Gasteiger partial charge is 0.132 e. The van der Waals surface area contributed by atoms with Crippen LogP contribution in [0.2, 0.25) is 0 Å². The van der Waals surface area contributed by atoms with E-state index in [2.05, 4.69) is 6.92 Å². The van der Waals surface area contributed by atoms with Crippen molar-refractivity contribution in [2.24, 2.45) is 11.8 Å². The Hall–Kier alpha value is -0.120. The van der Waals surface area contributed by atoms with Crippen molar-refractivity contribution in [3.8, 4) is 0 Å². The highest BCUT2D eigenvalue weighted by molar-refractivity contribution is 4.73. The van der Waals surface area contributed by atoms with Gasteiger partial charge in [-0.15, -0.1) is 0 Å². The summed E-state index contributed by atoms with van der Waals surface area (Å²) in [5.41, 5.74) is 0. The molecule has 60 valence electrons. The van der Waals surface area contributed by atoms with Crippen molar-refractivity contribution < 1.29 is 10.3 Å². The lowest BCUT2D eigenvalue weighted by Crippen LogP contribution is -2.45. The number of aliphatic hydroxyl groups is 1. The molecule has 0 bridgehead atoms. The van der Waals surface area contributed by atoms with Crippen LogP contribution in [0.5, 0.6) is 0 Å². The largest absolute Gasteiger partial charge is 0.376 e. The molecule has 0 amide bonds. The zero-order chi connectivity index (χ0) is 7.72. The average Bonchev–Trinajstić information content (AvgIpc) is 1.93. The Bertz CT molecular complexity index is 104. The number of hydrogen-bond donors (Lipinski definition) is 2. The van der Waals surface area contributed by atoms with Gasteiger partial charge in [0.25, 0.3) is 0 Å². The van der Waals surface area contributed by atoms with Crippen LogP contribution in [-0.4, -0.2) is 28.1 Å². The van der Waals surface area contributed by atoms with Gasteiger partial charge in [-0.05, 0) is 12.3 Å². The molecule has 0 aliphatic carbocycles. The highest BCUT2D eigenvalue weighted by Gasteiger charge is 2.30. The van der Waals surface area contributed by atoms with E-state index in [-0.39, 0.29) is 5.92 Å². The Balaban J connectivity index is 2.52. The second-order valence-corrected chi connectivity index (χ2v) is 3.20. The van der Waals surface area contributed by atoms with E-state index in [1.165, 1.54) is 0 Å². The summed E-state index contributed by atoms with van der Waals surface area (Å²) in [6, 6.07) is 0. The van der Waals surface area contributed by atoms with Crippen LogP contribution in [0.4, 0.5) is 0 Å². The summed E-state index contributed by atoms with van der Waals surface area (Å²) in [7, 11) is 0. The maximum absolute atomic E-state index is 9.29. The van der Waals surface area contributed by atoms with E-state index in [1.807, 2.05) is 6.92 Å². The summed E-state index contributed by atoms with van der Waals surface area (Å²) < 4.78 is 0. The molecule has 1 heterocycles. The molecule has 0 radical (unpaired) electrons. The van der Waals surface area contributed by atoms with Crippen LogP contribution in [0.25, 0.3) is 0 Å². The van der Waals surface area contributed by atoms with E-state index in [4.69, 9.17) is 5.21 Å². The van der Waals surface area contributed by atoms with Crippen molar-refractivity contribution >= 4 is 0 Å². The lowest BCUT2D eigenvalue weighted by molar-refractivity contribution is -0.237. The van der Waals surface area contributed by atoms with Crippen LogP contribution in [0.1, 0.15) is 20.3 Å². The molecule has 3 atom stereocenters. The van der Waals surface area contributed by atoms with Crippen molar-refractivity contribution in [3.63, 3.8) is 0 Å². The van der Waals surface area contributed by atoms with E-state index in [0.717, 1.165) is 11.5 Å². The molecule has 0 spiro atoms. The molecule has 0 saturated carbocycles. The van der Waals surface area contributed by atoms with Crippen molar-refractivity contribution in [2.45, 2.75) is 26.5 Å². The summed E-state index contributed by atoms with van der Waals surface area (Å²) in [4.78, 5) is 0. The predicted octanol–water partition coefficient (Wildman–Crippen LogP) is 0.672. The van der Waals surface area contributed by atoms with Gasteiger partial charge in [0.05, 0.1) is 0 Å². The van der Waals surface area contributed by atoms with Gasteiger partial charge in [-0.3, -0.25) is 0 Å². The van der Waals surface area contributed by atoms with Gasteiger partial charge in [0, 0.05) is 12.5 Å². The quantitative estimate of drug-likeness (QED) is 0.526. The molecular weight excluding hydrogens is 130 g/mol. The Kier molecular flexibility index (Phi) is 2.28. The van der Waals surface area contributed by atoms with Crippen LogP contribution in [0.3, 0.4) is 0 Å². The van der Waals surface area contributed by atoms with Crippen molar-refractivity contribution in [1.82, 2.24) is 5.06 Å². The lowest BCUT2D eigenvalue weighted by atomic mass is 9.88. The van der Waals surface area contributed by atoms with Crippen LogP contribution >= 0.6 is 0 Å². The van der Waals surface area contributed by atoms with Crippen LogP contribution in [-0.2, 0) is 0 Å². The number of hydrogen-bond acceptors (Lipinski definition) is 3. The molecule has 1 aliphatic heterocycles. The van der Waals surface area contributed by atoms with E-state index in [0.29, 0.717) is 12.5 Å². The third-order valence-electron chi connectivity index (χ3n) is 2.49. The molecule has 0 aromatic rings. The summed E-state index contributed by atoms with van der Waals surface area (Å²) in [5, 5.41) is 19.4. The normalized spacial score (nSPS) is 43.8. The minimum absolute atomic E-state index is 0.179. The first-order valence-corrected chi connectivity index (χ1v) is 3.76. The molecule has 3 unspecified atom stereocenters. The van der Waals surface area contributed by atoms with E-state index in [1.54, 1.807) is 0 Å². The van der Waals surface area contributed by atoms with E-state index < -0.39 is 6.23 Å². The molecule has 1 rings (SSSR count). The maximum Gasteiger partial charge on any atom is 0.132 e. The van der Waals surface area contributed by atoms with Crippen molar-refractivity contribution in [1.29, 1.82) is 0 Å². The molecule has 1 aliphatic rings. The van der Waals surface area contributed by atoms with Crippen LogP contribution in [0, 0.1) is 11.8 Å². The topological polar surface area (TPSA) is 43.7 Å². The first-order valence-electron chi connectivity index (χ1n) is 3.76. The standard InChI is InChI=1S/C7H15NO2/c1-5-3-4-8(10)7(9)6(5)2/h5-7,9-10H,3-4H2,1-2H3. The van der Waals surface area contributed by atoms with Gasteiger partial charge in [-0.2, -0.15) is 5.06 Å². The number of aliphatic hydroxyl groups excluding tert-OH is 1. The SMILES string of the molecule is CC1CCN(O)C(O)C1C. The fraction of sp³-hybridized carbons (Fsp3) is 1.00. The second-order valence-electron chi connectivity index (χ2n) is 3.20. The second kappa shape index (κ2) is 2.86. The molecule has 3 heteroatoms. The van der Waals surface area contributed by atoms with Crippen LogP contribution in [0.15, 0.2) is 0 Å². The molecule has 2 N–H and O–H groups in total. The zero-order valence-electron chi connectivity index (χ0n) is 6.49. The highest BCUT2D eigenvalue weighted by Crippen LogP contribution is 2.25. The molecule has 3 nitrogen and oxygen atoms in total. The number of nitrogens with zero attached hydrogens (tertiary/aromatic N) is 1. The number of rotatable bonds is 0. The van der Waals surface area contributed by atoms with Gasteiger partial charge in [0.2, 0.25) is 0 Å². The van der Waals surface area contributed by atoms with Gasteiger partial charge in [-0.1, -0.05) is 13.8 Å². The first-order chi connectivity index (χ1) is 4.63. The fourth-order valence-electron chi connectivity index (χ4n) is 1.30. The maximum atomic E-state index is 9.29. The molecular formula is C7H15NO2. The molecule has 1 saturated heterocycles. The average molecular weight is 145 g/mol. The minimum Gasteiger partial charge on any atom is -0.376 e. The predicted molar refractivity (Wildman–Crippen MR) is 37.4 cm³/mol. The molecule has 0 aromatic heterocycles. The van der Waals surface area contributed by atoms with Gasteiger partial charge >= 0.3 is 0 Å². The Labute approximate surface area is 61.2 Å². The van der Waals surface area contributed by atoms with Gasteiger partial charge in [0.15, 0.2) is 0 Å².